The zero-order valence-electron chi connectivity index (χ0n) is 11.4. The van der Waals surface area contributed by atoms with E-state index in [1.165, 1.54) is 44.3 Å². The van der Waals surface area contributed by atoms with Crippen LogP contribution in [0.4, 0.5) is 0 Å². The molecule has 1 aliphatic heterocycles. The van der Waals surface area contributed by atoms with E-state index in [1.54, 1.807) is 5.56 Å². The van der Waals surface area contributed by atoms with Crippen molar-refractivity contribution in [3.63, 3.8) is 0 Å². The molecule has 1 aromatic carbocycles. The van der Waals surface area contributed by atoms with Gasteiger partial charge in [0, 0.05) is 12.0 Å². The topological polar surface area (TPSA) is 29.3 Å². The van der Waals surface area contributed by atoms with Crippen LogP contribution < -0.4 is 5.73 Å². The van der Waals surface area contributed by atoms with Gasteiger partial charge in [0.25, 0.3) is 0 Å². The first kappa shape index (κ1) is 12.2. The maximum atomic E-state index is 5.94. The number of benzene rings is 1. The maximum Gasteiger partial charge on any atom is 0.00763 e. The molecule has 1 saturated heterocycles. The highest BCUT2D eigenvalue weighted by Crippen LogP contribution is 2.47. The lowest BCUT2D eigenvalue weighted by atomic mass is 9.86. The monoisotopic (exact) mass is 244 g/mol. The highest BCUT2D eigenvalue weighted by molar-refractivity contribution is 5.36. The second-order valence-corrected chi connectivity index (χ2v) is 6.19. The molecule has 0 aromatic heterocycles. The summed E-state index contributed by atoms with van der Waals surface area (Å²) in [6, 6.07) is 9.26. The summed E-state index contributed by atoms with van der Waals surface area (Å²) in [5, 5.41) is 0. The van der Waals surface area contributed by atoms with Crippen LogP contribution in [0.3, 0.4) is 0 Å². The van der Waals surface area contributed by atoms with E-state index in [0.717, 1.165) is 12.5 Å². The molecule has 0 atom stereocenters. The van der Waals surface area contributed by atoms with Gasteiger partial charge in [-0.15, -0.1) is 0 Å². The molecule has 2 nitrogen and oxygen atoms in total. The second-order valence-electron chi connectivity index (χ2n) is 6.19. The number of hydrogen-bond acceptors (Lipinski definition) is 2. The van der Waals surface area contributed by atoms with Crippen molar-refractivity contribution in [3.05, 3.63) is 35.4 Å². The fourth-order valence-corrected chi connectivity index (χ4v) is 3.23. The molecule has 2 N–H and O–H groups in total. The van der Waals surface area contributed by atoms with Gasteiger partial charge >= 0.3 is 0 Å². The molecule has 1 heterocycles. The van der Waals surface area contributed by atoms with Crippen LogP contribution in [0.5, 0.6) is 0 Å². The number of nitrogens with two attached hydrogens (primary N) is 1. The Labute approximate surface area is 110 Å². The van der Waals surface area contributed by atoms with Crippen molar-refractivity contribution in [2.24, 2.45) is 5.73 Å². The Morgan fingerprint density at radius 3 is 2.61 bits per heavy atom. The van der Waals surface area contributed by atoms with E-state index in [2.05, 4.69) is 36.2 Å². The molecule has 2 aliphatic rings. The van der Waals surface area contributed by atoms with Crippen molar-refractivity contribution >= 4 is 0 Å². The van der Waals surface area contributed by atoms with Crippen LogP contribution in [0.2, 0.25) is 0 Å². The summed E-state index contributed by atoms with van der Waals surface area (Å²) >= 11 is 0. The summed E-state index contributed by atoms with van der Waals surface area (Å²) in [5.41, 5.74) is 9.31. The van der Waals surface area contributed by atoms with Crippen molar-refractivity contribution in [2.75, 3.05) is 26.7 Å². The number of nitrogens with zero attached hydrogens (tertiary/aromatic N) is 1. The number of piperidine rings is 1. The normalized spacial score (nSPS) is 24.1. The molecule has 0 bridgehead atoms. The second kappa shape index (κ2) is 4.67. The summed E-state index contributed by atoms with van der Waals surface area (Å²) in [6.07, 6.45) is 5.16. The van der Waals surface area contributed by atoms with Crippen molar-refractivity contribution in [1.29, 1.82) is 0 Å². The molecular weight excluding hydrogens is 220 g/mol. The van der Waals surface area contributed by atoms with Gasteiger partial charge in [0.2, 0.25) is 0 Å². The first-order valence-corrected chi connectivity index (χ1v) is 7.23. The van der Waals surface area contributed by atoms with Gasteiger partial charge in [-0.3, -0.25) is 0 Å². The summed E-state index contributed by atoms with van der Waals surface area (Å²) in [5.74, 6) is 0.759. The molecule has 0 unspecified atom stereocenters. The third kappa shape index (κ3) is 2.19. The van der Waals surface area contributed by atoms with Crippen molar-refractivity contribution in [1.82, 2.24) is 4.90 Å². The Hall–Kier alpha value is -0.860. The summed E-state index contributed by atoms with van der Waals surface area (Å²) in [6.45, 7) is 3.28. The fourth-order valence-electron chi connectivity index (χ4n) is 3.23. The van der Waals surface area contributed by atoms with E-state index >= 15 is 0 Å². The zero-order chi connectivity index (χ0) is 12.6. The Morgan fingerprint density at radius 2 is 2.00 bits per heavy atom. The van der Waals surface area contributed by atoms with E-state index in [9.17, 15) is 0 Å². The summed E-state index contributed by atoms with van der Waals surface area (Å²) < 4.78 is 0. The van der Waals surface area contributed by atoms with E-state index < -0.39 is 0 Å². The minimum atomic E-state index is 0.335. The number of rotatable bonds is 3. The average Bonchev–Trinajstić information content (AvgIpc) is 3.21. The van der Waals surface area contributed by atoms with Crippen LogP contribution in [-0.4, -0.2) is 31.6 Å². The fraction of sp³-hybridized carbons (Fsp3) is 0.625. The van der Waals surface area contributed by atoms with Crippen LogP contribution in [0.15, 0.2) is 24.3 Å². The predicted octanol–water partition coefficient (Wildman–Crippen LogP) is 2.49. The first-order valence-electron chi connectivity index (χ1n) is 7.23. The van der Waals surface area contributed by atoms with Gasteiger partial charge in [-0.25, -0.2) is 0 Å². The predicted molar refractivity (Wildman–Crippen MR) is 75.9 cm³/mol. The minimum absolute atomic E-state index is 0.335. The Kier molecular flexibility index (Phi) is 3.16. The summed E-state index contributed by atoms with van der Waals surface area (Å²) in [7, 11) is 2.22. The molecule has 1 saturated carbocycles. The molecule has 98 valence electrons. The van der Waals surface area contributed by atoms with E-state index in [1.807, 2.05) is 0 Å². The minimum Gasteiger partial charge on any atom is -0.330 e. The average molecular weight is 244 g/mol. The van der Waals surface area contributed by atoms with Crippen LogP contribution in [-0.2, 0) is 5.41 Å². The quantitative estimate of drug-likeness (QED) is 0.885. The van der Waals surface area contributed by atoms with Gasteiger partial charge in [0.05, 0.1) is 0 Å². The van der Waals surface area contributed by atoms with Gasteiger partial charge < -0.3 is 10.6 Å². The highest BCUT2D eigenvalue weighted by Gasteiger charge is 2.42. The molecule has 18 heavy (non-hydrogen) atoms. The molecule has 2 fully saturated rings. The lowest BCUT2D eigenvalue weighted by molar-refractivity contribution is 0.255. The number of hydrogen-bond donors (Lipinski definition) is 1. The third-order valence-corrected chi connectivity index (χ3v) is 4.93. The van der Waals surface area contributed by atoms with Crippen LogP contribution in [0.1, 0.15) is 42.7 Å². The Bertz CT molecular complexity index is 415. The van der Waals surface area contributed by atoms with E-state index in [-0.39, 0.29) is 0 Å². The van der Waals surface area contributed by atoms with Gasteiger partial charge in [-0.1, -0.05) is 24.3 Å². The largest absolute Gasteiger partial charge is 0.330 e. The van der Waals surface area contributed by atoms with E-state index in [4.69, 9.17) is 5.73 Å². The Morgan fingerprint density at radius 1 is 1.28 bits per heavy atom. The van der Waals surface area contributed by atoms with Crippen LogP contribution in [0, 0.1) is 0 Å². The molecule has 0 amide bonds. The van der Waals surface area contributed by atoms with Crippen molar-refractivity contribution in [2.45, 2.75) is 37.0 Å². The molecule has 0 radical (unpaired) electrons. The van der Waals surface area contributed by atoms with Crippen LogP contribution >= 0.6 is 0 Å². The molecule has 1 aromatic rings. The van der Waals surface area contributed by atoms with Crippen LogP contribution in [0.25, 0.3) is 0 Å². The zero-order valence-corrected chi connectivity index (χ0v) is 11.4. The van der Waals surface area contributed by atoms with E-state index in [0.29, 0.717) is 5.41 Å². The highest BCUT2D eigenvalue weighted by atomic mass is 15.1. The lowest BCUT2D eigenvalue weighted by Gasteiger charge is -2.29. The molecule has 1 aliphatic carbocycles. The van der Waals surface area contributed by atoms with Gasteiger partial charge in [0.1, 0.15) is 0 Å². The maximum absolute atomic E-state index is 5.94. The Balaban J connectivity index is 1.79. The van der Waals surface area contributed by atoms with Gasteiger partial charge in [-0.05, 0) is 62.9 Å². The van der Waals surface area contributed by atoms with Crippen molar-refractivity contribution < 1.29 is 0 Å². The first-order chi connectivity index (χ1) is 8.73. The summed E-state index contributed by atoms with van der Waals surface area (Å²) in [4.78, 5) is 2.43. The van der Waals surface area contributed by atoms with Crippen molar-refractivity contribution in [3.8, 4) is 0 Å². The standard InChI is InChI=1S/C16H24N2/c1-18-9-5-13(6-10-18)14-3-2-4-15(11-14)16(12-17)7-8-16/h2-4,11,13H,5-10,12,17H2,1H3. The smallest absolute Gasteiger partial charge is 0.00763 e. The molecular formula is C16H24N2. The number of likely N-dealkylation sites (tertiary alicyclic amines) is 1. The molecule has 3 rings (SSSR count). The SMILES string of the molecule is CN1CCC(c2cccc(C3(CN)CC3)c2)CC1. The van der Waals surface area contributed by atoms with Gasteiger partial charge in [-0.2, -0.15) is 0 Å². The van der Waals surface area contributed by atoms with Gasteiger partial charge in [0.15, 0.2) is 0 Å². The molecule has 2 heteroatoms. The molecule has 0 spiro atoms. The third-order valence-electron chi connectivity index (χ3n) is 4.93. The lowest BCUT2D eigenvalue weighted by Crippen LogP contribution is -2.29.